The van der Waals surface area contributed by atoms with E-state index in [2.05, 4.69) is 22.6 Å². The van der Waals surface area contributed by atoms with Gasteiger partial charge in [-0.3, -0.25) is 4.79 Å². The first-order valence-electron chi connectivity index (χ1n) is 4.19. The summed E-state index contributed by atoms with van der Waals surface area (Å²) in [5.41, 5.74) is 2.20. The fourth-order valence-corrected chi connectivity index (χ4v) is 2.15. The zero-order chi connectivity index (χ0) is 9.42. The van der Waals surface area contributed by atoms with Gasteiger partial charge in [0.05, 0.1) is 3.57 Å². The predicted octanol–water partition coefficient (Wildman–Crippen LogP) is 2.05. The number of carbonyl (C=O) groups is 1. The second kappa shape index (κ2) is 3.29. The molecule has 1 N–H and O–H groups in total. The number of aromatic hydroxyl groups is 1. The Balaban J connectivity index is 2.49. The topological polar surface area (TPSA) is 37.3 Å². The molecule has 68 valence electrons. The van der Waals surface area contributed by atoms with Crippen LogP contribution in [0.25, 0.3) is 0 Å². The Bertz CT molecular complexity index is 371. The Morgan fingerprint density at radius 2 is 2.00 bits per heavy atom. The van der Waals surface area contributed by atoms with Gasteiger partial charge in [0.1, 0.15) is 11.5 Å². The molecule has 1 aliphatic rings. The number of fused-ring (bicyclic) bond motifs is 1. The van der Waals surface area contributed by atoms with Crippen molar-refractivity contribution in [3.05, 3.63) is 26.8 Å². The minimum absolute atomic E-state index is 0.271. The molecule has 1 aromatic carbocycles. The molecule has 0 radical (unpaired) electrons. The van der Waals surface area contributed by atoms with Crippen LogP contribution in [0.1, 0.15) is 17.5 Å². The maximum atomic E-state index is 11.1. The highest BCUT2D eigenvalue weighted by molar-refractivity contribution is 14.1. The third kappa shape index (κ3) is 1.70. The summed E-state index contributed by atoms with van der Waals surface area (Å²) in [7, 11) is 0. The Kier molecular flexibility index (Phi) is 2.27. The van der Waals surface area contributed by atoms with Crippen LogP contribution in [-0.2, 0) is 17.6 Å². The van der Waals surface area contributed by atoms with Crippen LogP contribution in [0.15, 0.2) is 12.1 Å². The summed E-state index contributed by atoms with van der Waals surface area (Å²) < 4.78 is 0.866. The van der Waals surface area contributed by atoms with Crippen molar-refractivity contribution in [3.63, 3.8) is 0 Å². The van der Waals surface area contributed by atoms with E-state index in [1.54, 1.807) is 6.07 Å². The molecule has 1 aromatic rings. The van der Waals surface area contributed by atoms with Crippen LogP contribution in [0.5, 0.6) is 5.75 Å². The minimum atomic E-state index is 0.271. The highest BCUT2D eigenvalue weighted by atomic mass is 127. The van der Waals surface area contributed by atoms with Crippen LogP contribution in [-0.4, -0.2) is 10.9 Å². The molecule has 0 unspecified atom stereocenters. The predicted molar refractivity (Wildman–Crippen MR) is 57.9 cm³/mol. The Hall–Kier alpha value is -0.580. The van der Waals surface area contributed by atoms with Gasteiger partial charge in [0.15, 0.2) is 0 Å². The summed E-state index contributed by atoms with van der Waals surface area (Å²) in [5, 5.41) is 9.44. The van der Waals surface area contributed by atoms with Gasteiger partial charge >= 0.3 is 0 Å². The first-order chi connectivity index (χ1) is 6.16. The van der Waals surface area contributed by atoms with E-state index < -0.39 is 0 Å². The number of Topliss-reactive ketones (excluding diaryl/α,β-unsaturated/α-hetero) is 1. The lowest BCUT2D eigenvalue weighted by Gasteiger charge is -2.15. The smallest absolute Gasteiger partial charge is 0.137 e. The van der Waals surface area contributed by atoms with Gasteiger partial charge in [0.2, 0.25) is 0 Å². The van der Waals surface area contributed by atoms with Crippen LogP contribution >= 0.6 is 22.6 Å². The minimum Gasteiger partial charge on any atom is -0.507 e. The van der Waals surface area contributed by atoms with Crippen molar-refractivity contribution in [1.29, 1.82) is 0 Å². The SMILES string of the molecule is O=C1CCc2cc(I)c(O)cc2C1. The maximum absolute atomic E-state index is 11.1. The van der Waals surface area contributed by atoms with Crippen molar-refractivity contribution in [2.24, 2.45) is 0 Å². The van der Waals surface area contributed by atoms with Gasteiger partial charge in [-0.2, -0.15) is 0 Å². The lowest BCUT2D eigenvalue weighted by Crippen LogP contribution is -2.13. The molecule has 0 fully saturated rings. The van der Waals surface area contributed by atoms with E-state index in [0.717, 1.165) is 15.6 Å². The van der Waals surface area contributed by atoms with E-state index in [9.17, 15) is 9.90 Å². The number of benzene rings is 1. The zero-order valence-electron chi connectivity index (χ0n) is 7.01. The summed E-state index contributed by atoms with van der Waals surface area (Å²) in [5.74, 6) is 0.558. The van der Waals surface area contributed by atoms with E-state index in [-0.39, 0.29) is 11.5 Å². The van der Waals surface area contributed by atoms with Crippen molar-refractivity contribution >= 4 is 28.4 Å². The molecule has 0 atom stereocenters. The van der Waals surface area contributed by atoms with Crippen molar-refractivity contribution in [2.75, 3.05) is 0 Å². The van der Waals surface area contributed by atoms with Crippen LogP contribution < -0.4 is 0 Å². The zero-order valence-corrected chi connectivity index (χ0v) is 9.17. The Morgan fingerprint density at radius 1 is 1.23 bits per heavy atom. The van der Waals surface area contributed by atoms with E-state index in [1.165, 1.54) is 5.56 Å². The largest absolute Gasteiger partial charge is 0.507 e. The maximum Gasteiger partial charge on any atom is 0.137 e. The Morgan fingerprint density at radius 3 is 2.77 bits per heavy atom. The van der Waals surface area contributed by atoms with Crippen molar-refractivity contribution in [3.8, 4) is 5.75 Å². The third-order valence-electron chi connectivity index (χ3n) is 2.33. The molecule has 0 amide bonds. The quantitative estimate of drug-likeness (QED) is 0.742. The van der Waals surface area contributed by atoms with Crippen LogP contribution in [0, 0.1) is 3.57 Å². The lowest BCUT2D eigenvalue weighted by molar-refractivity contribution is -0.118. The Labute approximate surface area is 90.1 Å². The lowest BCUT2D eigenvalue weighted by atomic mass is 9.91. The number of hydrogen-bond donors (Lipinski definition) is 1. The molecule has 1 aliphatic carbocycles. The van der Waals surface area contributed by atoms with Gasteiger partial charge < -0.3 is 5.11 Å². The molecule has 0 heterocycles. The summed E-state index contributed by atoms with van der Waals surface area (Å²) >= 11 is 2.10. The van der Waals surface area contributed by atoms with E-state index in [4.69, 9.17) is 0 Å². The molecule has 0 bridgehead atoms. The molecule has 0 saturated heterocycles. The van der Waals surface area contributed by atoms with E-state index in [1.807, 2.05) is 6.07 Å². The molecular weight excluding hydrogens is 279 g/mol. The molecule has 13 heavy (non-hydrogen) atoms. The van der Waals surface area contributed by atoms with Crippen molar-refractivity contribution < 1.29 is 9.90 Å². The van der Waals surface area contributed by atoms with Crippen LogP contribution in [0.3, 0.4) is 0 Å². The van der Waals surface area contributed by atoms with Gasteiger partial charge in [-0.05, 0) is 52.3 Å². The van der Waals surface area contributed by atoms with Crippen LogP contribution in [0.2, 0.25) is 0 Å². The normalized spacial score (nSPS) is 15.6. The molecule has 3 heteroatoms. The summed E-state index contributed by atoms with van der Waals surface area (Å²) in [4.78, 5) is 11.1. The fourth-order valence-electron chi connectivity index (χ4n) is 1.62. The number of carbonyl (C=O) groups excluding carboxylic acids is 1. The monoisotopic (exact) mass is 288 g/mol. The molecule has 2 rings (SSSR count). The van der Waals surface area contributed by atoms with E-state index >= 15 is 0 Å². The number of rotatable bonds is 0. The number of halogens is 1. The second-order valence-corrected chi connectivity index (χ2v) is 4.45. The first kappa shape index (κ1) is 8.99. The molecule has 0 spiro atoms. The highest BCUT2D eigenvalue weighted by Crippen LogP contribution is 2.28. The average Bonchev–Trinajstić information content (AvgIpc) is 2.08. The highest BCUT2D eigenvalue weighted by Gasteiger charge is 2.16. The van der Waals surface area contributed by atoms with Crippen LogP contribution in [0.4, 0.5) is 0 Å². The summed E-state index contributed by atoms with van der Waals surface area (Å²) in [6.07, 6.45) is 1.96. The number of phenolic OH excluding ortho intramolecular Hbond substituents is 1. The second-order valence-electron chi connectivity index (χ2n) is 3.29. The van der Waals surface area contributed by atoms with Gasteiger partial charge in [0, 0.05) is 12.8 Å². The number of aryl methyl sites for hydroxylation is 1. The van der Waals surface area contributed by atoms with Gasteiger partial charge in [-0.25, -0.2) is 0 Å². The molecule has 0 saturated carbocycles. The average molecular weight is 288 g/mol. The fraction of sp³-hybridized carbons (Fsp3) is 0.300. The number of hydrogen-bond acceptors (Lipinski definition) is 2. The first-order valence-corrected chi connectivity index (χ1v) is 5.26. The van der Waals surface area contributed by atoms with Gasteiger partial charge in [0.25, 0.3) is 0 Å². The molecular formula is C10H9IO2. The summed E-state index contributed by atoms with van der Waals surface area (Å²) in [6.45, 7) is 0. The van der Waals surface area contributed by atoms with Gasteiger partial charge in [-0.1, -0.05) is 0 Å². The molecule has 0 aliphatic heterocycles. The number of ketones is 1. The standard InChI is InChI=1S/C10H9IO2/c11-9-4-6-1-2-8(12)3-7(6)5-10(9)13/h4-5,13H,1-3H2. The molecule has 0 aromatic heterocycles. The third-order valence-corrected chi connectivity index (χ3v) is 3.19. The van der Waals surface area contributed by atoms with Gasteiger partial charge in [-0.15, -0.1) is 0 Å². The number of phenols is 1. The summed E-state index contributed by atoms with van der Waals surface area (Å²) in [6, 6.07) is 3.69. The van der Waals surface area contributed by atoms with Crippen molar-refractivity contribution in [1.82, 2.24) is 0 Å². The van der Waals surface area contributed by atoms with Crippen molar-refractivity contribution in [2.45, 2.75) is 19.3 Å². The van der Waals surface area contributed by atoms with E-state index in [0.29, 0.717) is 12.8 Å². The molecule has 2 nitrogen and oxygen atoms in total.